The molecule has 108 valence electrons. The number of rotatable bonds is 7. The molecule has 1 aromatic carbocycles. The van der Waals surface area contributed by atoms with Gasteiger partial charge in [-0.1, -0.05) is 0 Å². The van der Waals surface area contributed by atoms with Crippen molar-refractivity contribution < 1.29 is 4.74 Å². The highest BCUT2D eigenvalue weighted by Gasteiger charge is 2.12. The van der Waals surface area contributed by atoms with Crippen LogP contribution in [0.15, 0.2) is 6.07 Å². The molecule has 3 nitrogen and oxygen atoms in total. The fraction of sp³-hybridized carbons (Fsp3) is 0.625. The third-order valence-electron chi connectivity index (χ3n) is 3.85. The Morgan fingerprint density at radius 3 is 2.42 bits per heavy atom. The summed E-state index contributed by atoms with van der Waals surface area (Å²) in [6.07, 6.45) is 2.27. The van der Waals surface area contributed by atoms with E-state index in [-0.39, 0.29) is 0 Å². The van der Waals surface area contributed by atoms with Crippen LogP contribution in [0.4, 0.5) is 0 Å². The van der Waals surface area contributed by atoms with Crippen molar-refractivity contribution in [2.45, 2.75) is 40.2 Å². The Kier molecular flexibility index (Phi) is 6.32. The highest BCUT2D eigenvalue weighted by Crippen LogP contribution is 2.28. The molecule has 0 unspecified atom stereocenters. The normalized spacial score (nSPS) is 11.1. The summed E-state index contributed by atoms with van der Waals surface area (Å²) in [7, 11) is 3.91. The number of aryl methyl sites for hydroxylation is 1. The first kappa shape index (κ1) is 16.0. The first-order valence-corrected chi connectivity index (χ1v) is 7.03. The van der Waals surface area contributed by atoms with Crippen LogP contribution in [0.3, 0.4) is 0 Å². The quantitative estimate of drug-likeness (QED) is 0.770. The molecule has 0 spiro atoms. The third-order valence-corrected chi connectivity index (χ3v) is 3.85. The predicted octanol–water partition coefficient (Wildman–Crippen LogP) is 2.79. The second-order valence-electron chi connectivity index (χ2n) is 5.36. The molecule has 0 aliphatic carbocycles. The van der Waals surface area contributed by atoms with Gasteiger partial charge in [-0.05, 0) is 82.1 Å². The van der Waals surface area contributed by atoms with E-state index in [9.17, 15) is 0 Å². The molecular weight excluding hydrogens is 236 g/mol. The lowest BCUT2D eigenvalue weighted by atomic mass is 9.97. The number of benzene rings is 1. The number of ether oxygens (including phenoxy) is 1. The molecule has 0 saturated carbocycles. The van der Waals surface area contributed by atoms with Crippen molar-refractivity contribution in [1.29, 1.82) is 0 Å². The van der Waals surface area contributed by atoms with E-state index in [4.69, 9.17) is 10.5 Å². The molecule has 0 atom stereocenters. The van der Waals surface area contributed by atoms with Gasteiger partial charge >= 0.3 is 0 Å². The van der Waals surface area contributed by atoms with E-state index in [1.54, 1.807) is 7.11 Å². The van der Waals surface area contributed by atoms with Gasteiger partial charge in [-0.25, -0.2) is 0 Å². The molecule has 0 bridgehead atoms. The number of methoxy groups -OCH3 is 1. The Balaban J connectivity index is 2.81. The number of nitrogens with zero attached hydrogens (tertiary/aromatic N) is 1. The van der Waals surface area contributed by atoms with Gasteiger partial charge in [0.25, 0.3) is 0 Å². The van der Waals surface area contributed by atoms with Gasteiger partial charge in [0.05, 0.1) is 7.11 Å². The summed E-state index contributed by atoms with van der Waals surface area (Å²) in [6, 6.07) is 2.14. The van der Waals surface area contributed by atoms with Crippen molar-refractivity contribution in [3.8, 4) is 5.75 Å². The molecular formula is C16H28N2O. The van der Waals surface area contributed by atoms with E-state index >= 15 is 0 Å². The molecule has 0 radical (unpaired) electrons. The lowest BCUT2D eigenvalue weighted by Gasteiger charge is -2.21. The Morgan fingerprint density at radius 2 is 1.84 bits per heavy atom. The van der Waals surface area contributed by atoms with Crippen molar-refractivity contribution in [2.24, 2.45) is 5.73 Å². The van der Waals surface area contributed by atoms with Gasteiger partial charge in [0.15, 0.2) is 0 Å². The van der Waals surface area contributed by atoms with Gasteiger partial charge in [-0.3, -0.25) is 0 Å². The van der Waals surface area contributed by atoms with Gasteiger partial charge < -0.3 is 15.4 Å². The summed E-state index contributed by atoms with van der Waals surface area (Å²) in [5.41, 5.74) is 10.9. The van der Waals surface area contributed by atoms with Crippen molar-refractivity contribution in [1.82, 2.24) is 4.90 Å². The lowest BCUT2D eigenvalue weighted by Crippen LogP contribution is -2.21. The molecule has 1 rings (SSSR count). The van der Waals surface area contributed by atoms with Crippen LogP contribution >= 0.6 is 0 Å². The van der Waals surface area contributed by atoms with Crippen LogP contribution in [0.2, 0.25) is 0 Å². The number of hydrogen-bond acceptors (Lipinski definition) is 3. The minimum atomic E-state index is 0.785. The number of unbranched alkanes of at least 4 members (excludes halogenated alkanes) is 1. The van der Waals surface area contributed by atoms with Crippen molar-refractivity contribution in [3.63, 3.8) is 0 Å². The summed E-state index contributed by atoms with van der Waals surface area (Å²) in [6.45, 7) is 9.36. The van der Waals surface area contributed by atoms with Gasteiger partial charge in [-0.2, -0.15) is 0 Å². The zero-order valence-electron chi connectivity index (χ0n) is 13.0. The van der Waals surface area contributed by atoms with E-state index in [0.717, 1.165) is 31.8 Å². The van der Waals surface area contributed by atoms with Crippen molar-refractivity contribution >= 4 is 0 Å². The topological polar surface area (TPSA) is 38.5 Å². The van der Waals surface area contributed by atoms with E-state index in [2.05, 4.69) is 38.8 Å². The van der Waals surface area contributed by atoms with E-state index in [0.29, 0.717) is 0 Å². The third kappa shape index (κ3) is 4.22. The maximum absolute atomic E-state index is 5.53. The maximum atomic E-state index is 5.53. The smallest absolute Gasteiger partial charge is 0.122 e. The second kappa shape index (κ2) is 7.51. The van der Waals surface area contributed by atoms with Gasteiger partial charge in [0.1, 0.15) is 5.75 Å². The Labute approximate surface area is 117 Å². The average Bonchev–Trinajstić information content (AvgIpc) is 2.39. The summed E-state index contributed by atoms with van der Waals surface area (Å²) in [5.74, 6) is 0.990. The zero-order chi connectivity index (χ0) is 14.4. The maximum Gasteiger partial charge on any atom is 0.122 e. The van der Waals surface area contributed by atoms with E-state index in [1.165, 1.54) is 28.7 Å². The highest BCUT2D eigenvalue weighted by atomic mass is 16.5. The lowest BCUT2D eigenvalue weighted by molar-refractivity contribution is 0.318. The van der Waals surface area contributed by atoms with E-state index in [1.807, 2.05) is 0 Å². The molecule has 19 heavy (non-hydrogen) atoms. The van der Waals surface area contributed by atoms with Crippen molar-refractivity contribution in [3.05, 3.63) is 28.3 Å². The van der Waals surface area contributed by atoms with Gasteiger partial charge in [-0.15, -0.1) is 0 Å². The molecule has 0 aliphatic rings. The molecule has 0 aromatic heterocycles. The van der Waals surface area contributed by atoms with Crippen LogP contribution < -0.4 is 10.5 Å². The summed E-state index contributed by atoms with van der Waals surface area (Å²) in [5, 5.41) is 0. The Hall–Kier alpha value is -1.06. The van der Waals surface area contributed by atoms with Crippen molar-refractivity contribution in [2.75, 3.05) is 27.2 Å². The van der Waals surface area contributed by atoms with Crippen LogP contribution in [0.25, 0.3) is 0 Å². The minimum Gasteiger partial charge on any atom is -0.496 e. The van der Waals surface area contributed by atoms with Crippen LogP contribution in [0.1, 0.15) is 35.1 Å². The molecule has 0 amide bonds. The fourth-order valence-corrected chi connectivity index (χ4v) is 2.43. The second-order valence-corrected chi connectivity index (χ2v) is 5.36. The summed E-state index contributed by atoms with van der Waals surface area (Å²) >= 11 is 0. The predicted molar refractivity (Wildman–Crippen MR) is 81.8 cm³/mol. The minimum absolute atomic E-state index is 0.785. The number of nitrogens with two attached hydrogens (primary N) is 1. The van der Waals surface area contributed by atoms with Gasteiger partial charge in [0, 0.05) is 6.54 Å². The monoisotopic (exact) mass is 264 g/mol. The van der Waals surface area contributed by atoms with E-state index < -0.39 is 0 Å². The molecule has 3 heteroatoms. The van der Waals surface area contributed by atoms with Crippen LogP contribution in [-0.4, -0.2) is 32.1 Å². The summed E-state index contributed by atoms with van der Waals surface area (Å²) < 4.78 is 5.42. The van der Waals surface area contributed by atoms with Crippen LogP contribution in [0.5, 0.6) is 5.75 Å². The molecule has 0 saturated heterocycles. The van der Waals surface area contributed by atoms with Crippen LogP contribution in [-0.2, 0) is 6.54 Å². The first-order valence-electron chi connectivity index (χ1n) is 7.03. The van der Waals surface area contributed by atoms with Crippen LogP contribution in [0, 0.1) is 20.8 Å². The molecule has 1 aromatic rings. The number of hydrogen-bond donors (Lipinski definition) is 1. The fourth-order valence-electron chi connectivity index (χ4n) is 2.43. The Morgan fingerprint density at radius 1 is 1.16 bits per heavy atom. The standard InChI is InChI=1S/C16H28N2O/c1-12-10-16(19-5)14(3)13(2)15(12)11-18(4)9-7-6-8-17/h10H,6-9,11,17H2,1-5H3. The van der Waals surface area contributed by atoms with Gasteiger partial charge in [0.2, 0.25) is 0 Å². The molecule has 0 fully saturated rings. The molecule has 2 N–H and O–H groups in total. The first-order chi connectivity index (χ1) is 9.01. The Bertz CT molecular complexity index is 416. The highest BCUT2D eigenvalue weighted by molar-refractivity contribution is 5.48. The largest absolute Gasteiger partial charge is 0.496 e. The SMILES string of the molecule is COc1cc(C)c(CN(C)CCCCN)c(C)c1C. The molecule has 0 heterocycles. The molecule has 0 aliphatic heterocycles. The summed E-state index contributed by atoms with van der Waals surface area (Å²) in [4.78, 5) is 2.37. The average molecular weight is 264 g/mol. The zero-order valence-corrected chi connectivity index (χ0v) is 13.0.